The van der Waals surface area contributed by atoms with Gasteiger partial charge in [-0.05, 0) is 31.4 Å². The van der Waals surface area contributed by atoms with Gasteiger partial charge in [0.25, 0.3) is 5.91 Å². The van der Waals surface area contributed by atoms with Gasteiger partial charge in [-0.2, -0.15) is 0 Å². The molecule has 2 aromatic heterocycles. The number of thiazole rings is 1. The van der Waals surface area contributed by atoms with Gasteiger partial charge < -0.3 is 16.0 Å². The van der Waals surface area contributed by atoms with Crippen LogP contribution in [0.3, 0.4) is 0 Å². The molecule has 1 aliphatic heterocycles. The van der Waals surface area contributed by atoms with Crippen molar-refractivity contribution in [3.05, 3.63) is 35.6 Å². The molecule has 0 spiro atoms. The fourth-order valence-electron chi connectivity index (χ4n) is 3.07. The second-order valence-electron chi connectivity index (χ2n) is 6.26. The lowest BCUT2D eigenvalue weighted by Gasteiger charge is -2.35. The SMILES string of the molecule is NCCC(=O)NCC1CCCCN1C(=O)c1cnc(-c2ccncc2)s1. The van der Waals surface area contributed by atoms with Gasteiger partial charge in [0, 0.05) is 50.1 Å². The van der Waals surface area contributed by atoms with Crippen LogP contribution in [-0.2, 0) is 4.79 Å². The fraction of sp³-hybridized carbons (Fsp3) is 0.444. The minimum absolute atomic E-state index is 0.0134. The largest absolute Gasteiger partial charge is 0.354 e. The van der Waals surface area contributed by atoms with Crippen LogP contribution in [0.1, 0.15) is 35.4 Å². The summed E-state index contributed by atoms with van der Waals surface area (Å²) < 4.78 is 0. The zero-order valence-corrected chi connectivity index (χ0v) is 15.4. The molecule has 26 heavy (non-hydrogen) atoms. The summed E-state index contributed by atoms with van der Waals surface area (Å²) in [6.45, 7) is 1.51. The van der Waals surface area contributed by atoms with Crippen LogP contribution in [0.4, 0.5) is 0 Å². The first-order valence-corrected chi connectivity index (χ1v) is 9.64. The van der Waals surface area contributed by atoms with E-state index in [1.54, 1.807) is 18.6 Å². The Morgan fingerprint density at radius 1 is 1.31 bits per heavy atom. The average molecular weight is 373 g/mol. The van der Waals surface area contributed by atoms with Crippen molar-refractivity contribution in [1.82, 2.24) is 20.2 Å². The lowest BCUT2D eigenvalue weighted by atomic mass is 10.0. The average Bonchev–Trinajstić information content (AvgIpc) is 3.17. The number of hydrogen-bond donors (Lipinski definition) is 2. The highest BCUT2D eigenvalue weighted by atomic mass is 32.1. The first kappa shape index (κ1) is 18.5. The molecule has 2 amide bonds. The van der Waals surface area contributed by atoms with Crippen LogP contribution in [0.15, 0.2) is 30.7 Å². The number of likely N-dealkylation sites (tertiary alicyclic amines) is 1. The van der Waals surface area contributed by atoms with E-state index < -0.39 is 0 Å². The van der Waals surface area contributed by atoms with Gasteiger partial charge in [-0.25, -0.2) is 4.98 Å². The highest BCUT2D eigenvalue weighted by Gasteiger charge is 2.29. The predicted molar refractivity (Wildman–Crippen MR) is 101 cm³/mol. The van der Waals surface area contributed by atoms with Crippen LogP contribution in [-0.4, -0.2) is 52.4 Å². The molecule has 3 N–H and O–H groups in total. The molecule has 1 aliphatic rings. The van der Waals surface area contributed by atoms with Crippen molar-refractivity contribution >= 4 is 23.2 Å². The van der Waals surface area contributed by atoms with Crippen LogP contribution in [0.25, 0.3) is 10.6 Å². The van der Waals surface area contributed by atoms with Gasteiger partial charge in [-0.3, -0.25) is 14.6 Å². The Morgan fingerprint density at radius 2 is 2.12 bits per heavy atom. The second kappa shape index (κ2) is 8.86. The van der Waals surface area contributed by atoms with E-state index >= 15 is 0 Å². The summed E-state index contributed by atoms with van der Waals surface area (Å²) in [5.41, 5.74) is 6.36. The molecule has 0 saturated carbocycles. The zero-order valence-electron chi connectivity index (χ0n) is 14.6. The number of hydrogen-bond acceptors (Lipinski definition) is 6. The third-order valence-corrected chi connectivity index (χ3v) is 5.47. The van der Waals surface area contributed by atoms with Crippen LogP contribution in [0, 0.1) is 0 Å². The molecule has 1 atom stereocenters. The van der Waals surface area contributed by atoms with E-state index in [4.69, 9.17) is 5.73 Å². The molecule has 2 aromatic rings. The monoisotopic (exact) mass is 373 g/mol. The summed E-state index contributed by atoms with van der Waals surface area (Å²) in [4.78, 5) is 35.5. The number of piperidine rings is 1. The highest BCUT2D eigenvalue weighted by molar-refractivity contribution is 7.16. The molecule has 3 rings (SSSR count). The number of carbonyl (C=O) groups is 2. The molecule has 1 fully saturated rings. The molecule has 0 aromatic carbocycles. The van der Waals surface area contributed by atoms with Gasteiger partial charge in [0.2, 0.25) is 5.91 Å². The molecular weight excluding hydrogens is 350 g/mol. The van der Waals surface area contributed by atoms with Gasteiger partial charge >= 0.3 is 0 Å². The van der Waals surface area contributed by atoms with E-state index in [2.05, 4.69) is 15.3 Å². The highest BCUT2D eigenvalue weighted by Crippen LogP contribution is 2.27. The third kappa shape index (κ3) is 4.44. The topological polar surface area (TPSA) is 101 Å². The van der Waals surface area contributed by atoms with E-state index in [0.29, 0.717) is 30.9 Å². The minimum Gasteiger partial charge on any atom is -0.354 e. The smallest absolute Gasteiger partial charge is 0.265 e. The lowest BCUT2D eigenvalue weighted by Crippen LogP contribution is -2.49. The number of aromatic nitrogens is 2. The molecule has 0 bridgehead atoms. The van der Waals surface area contributed by atoms with Crippen LogP contribution >= 0.6 is 11.3 Å². The standard InChI is InChI=1S/C18H23N5O2S/c19-7-4-16(24)21-11-14-3-1-2-10-23(14)18(25)15-12-22-17(26-15)13-5-8-20-9-6-13/h5-6,8-9,12,14H,1-4,7,10-11,19H2,(H,21,24). The maximum Gasteiger partial charge on any atom is 0.265 e. The van der Waals surface area contributed by atoms with Gasteiger partial charge in [-0.1, -0.05) is 0 Å². The molecule has 8 heteroatoms. The number of pyridine rings is 1. The molecule has 7 nitrogen and oxygen atoms in total. The van der Waals surface area contributed by atoms with E-state index in [1.807, 2.05) is 17.0 Å². The first-order valence-electron chi connectivity index (χ1n) is 8.83. The fourth-order valence-corrected chi connectivity index (χ4v) is 3.95. The van der Waals surface area contributed by atoms with Crippen molar-refractivity contribution in [2.45, 2.75) is 31.7 Å². The molecule has 0 aliphatic carbocycles. The van der Waals surface area contributed by atoms with Gasteiger partial charge in [0.05, 0.1) is 6.20 Å². The predicted octanol–water partition coefficient (Wildman–Crippen LogP) is 1.66. The Labute approximate surface area is 156 Å². The van der Waals surface area contributed by atoms with E-state index in [0.717, 1.165) is 29.8 Å². The Kier molecular flexibility index (Phi) is 6.30. The molecular formula is C18H23N5O2S. The van der Waals surface area contributed by atoms with Gasteiger partial charge in [-0.15, -0.1) is 11.3 Å². The van der Waals surface area contributed by atoms with Crippen molar-refractivity contribution in [1.29, 1.82) is 0 Å². The summed E-state index contributed by atoms with van der Waals surface area (Å²) in [6, 6.07) is 3.78. The minimum atomic E-state index is -0.0664. The van der Waals surface area contributed by atoms with Crippen molar-refractivity contribution in [3.63, 3.8) is 0 Å². The molecule has 3 heterocycles. The summed E-state index contributed by atoms with van der Waals surface area (Å²) in [5.74, 6) is -0.0798. The number of nitrogens with one attached hydrogen (secondary N) is 1. The molecule has 0 radical (unpaired) electrons. The number of nitrogens with two attached hydrogens (primary N) is 1. The second-order valence-corrected chi connectivity index (χ2v) is 7.29. The molecule has 1 unspecified atom stereocenters. The maximum atomic E-state index is 13.0. The Hall–Kier alpha value is -2.32. The number of nitrogens with zero attached hydrogens (tertiary/aromatic N) is 3. The van der Waals surface area contributed by atoms with Crippen LogP contribution < -0.4 is 11.1 Å². The van der Waals surface area contributed by atoms with Gasteiger partial charge in [0.15, 0.2) is 0 Å². The van der Waals surface area contributed by atoms with Crippen molar-refractivity contribution in [2.75, 3.05) is 19.6 Å². The van der Waals surface area contributed by atoms with Crippen molar-refractivity contribution in [2.24, 2.45) is 5.73 Å². The third-order valence-electron chi connectivity index (χ3n) is 4.44. The Bertz CT molecular complexity index is 749. The Balaban J connectivity index is 1.68. The van der Waals surface area contributed by atoms with E-state index in [1.165, 1.54) is 11.3 Å². The summed E-state index contributed by atoms with van der Waals surface area (Å²) in [6.07, 6.45) is 8.31. The summed E-state index contributed by atoms with van der Waals surface area (Å²) in [7, 11) is 0. The lowest BCUT2D eigenvalue weighted by molar-refractivity contribution is -0.121. The normalized spacial score (nSPS) is 17.1. The van der Waals surface area contributed by atoms with Gasteiger partial charge in [0.1, 0.15) is 9.88 Å². The zero-order chi connectivity index (χ0) is 18.4. The summed E-state index contributed by atoms with van der Waals surface area (Å²) in [5, 5.41) is 3.69. The quantitative estimate of drug-likeness (QED) is 0.802. The van der Waals surface area contributed by atoms with E-state index in [-0.39, 0.29) is 17.9 Å². The number of carbonyl (C=O) groups excluding carboxylic acids is 2. The number of amides is 2. The first-order chi connectivity index (χ1) is 12.7. The maximum absolute atomic E-state index is 13.0. The Morgan fingerprint density at radius 3 is 2.88 bits per heavy atom. The van der Waals surface area contributed by atoms with Crippen LogP contribution in [0.5, 0.6) is 0 Å². The van der Waals surface area contributed by atoms with Crippen molar-refractivity contribution < 1.29 is 9.59 Å². The molecule has 138 valence electrons. The number of rotatable bonds is 6. The van der Waals surface area contributed by atoms with Crippen LogP contribution in [0.2, 0.25) is 0 Å². The molecule has 1 saturated heterocycles. The van der Waals surface area contributed by atoms with E-state index in [9.17, 15) is 9.59 Å². The summed E-state index contributed by atoms with van der Waals surface area (Å²) >= 11 is 1.39. The van der Waals surface area contributed by atoms with Crippen molar-refractivity contribution in [3.8, 4) is 10.6 Å².